The number of hydrogen-bond donors (Lipinski definition) is 0. The highest BCUT2D eigenvalue weighted by molar-refractivity contribution is 7.99. The minimum absolute atomic E-state index is 0.174. The van der Waals surface area contributed by atoms with Crippen LogP contribution in [0.1, 0.15) is 49.8 Å². The number of nitrogens with zero attached hydrogens (tertiary/aromatic N) is 1. The van der Waals surface area contributed by atoms with Crippen molar-refractivity contribution < 1.29 is 15.4 Å². The lowest BCUT2D eigenvalue weighted by molar-refractivity contribution is 0.558. The monoisotopic (exact) mass is 647 g/mol. The first-order valence-corrected chi connectivity index (χ1v) is 17.3. The molecule has 3 heteroatoms. The standard InChI is InChI=1S/C45H37NOS/c1-44(2)26-48-27-45(3,4)38-25-36(34(24-37(38)44)39-18-11-12-22-46-39)43-32-16-7-5-14-30(32)42(31-15-6-8-17-33(31)43)28-20-21-41-35(23-28)29-13-9-10-19-40(29)47-41/h5-25H,26-27H2,1-4H3/i5D,6D,7D,8D,14D,15D,16D,17D. The summed E-state index contributed by atoms with van der Waals surface area (Å²) in [6.07, 6.45) is 1.71. The van der Waals surface area contributed by atoms with Gasteiger partial charge >= 0.3 is 0 Å². The third kappa shape index (κ3) is 4.52. The molecule has 9 rings (SSSR count). The summed E-state index contributed by atoms with van der Waals surface area (Å²) in [6, 6.07) is 20.1. The lowest BCUT2D eigenvalue weighted by Gasteiger charge is -2.31. The van der Waals surface area contributed by atoms with Gasteiger partial charge in [0.15, 0.2) is 0 Å². The van der Waals surface area contributed by atoms with E-state index >= 15 is 0 Å². The first kappa shape index (κ1) is 21.9. The predicted octanol–water partition coefficient (Wildman–Crippen LogP) is 12.6. The molecule has 0 radical (unpaired) electrons. The van der Waals surface area contributed by atoms with Crippen LogP contribution in [-0.4, -0.2) is 16.5 Å². The summed E-state index contributed by atoms with van der Waals surface area (Å²) in [4.78, 5) is 4.79. The fourth-order valence-corrected chi connectivity index (χ4v) is 8.88. The van der Waals surface area contributed by atoms with Crippen LogP contribution in [0.15, 0.2) is 132 Å². The fraction of sp³-hybridized carbons (Fsp3) is 0.178. The number of para-hydroxylation sites is 1. The normalized spacial score (nSPS) is 17.9. The maximum absolute atomic E-state index is 9.61. The molecule has 0 bridgehead atoms. The van der Waals surface area contributed by atoms with Gasteiger partial charge in [-0.15, -0.1) is 0 Å². The summed E-state index contributed by atoms with van der Waals surface area (Å²) < 4.78 is 80.3. The molecule has 0 amide bonds. The van der Waals surface area contributed by atoms with E-state index in [1.54, 1.807) is 18.3 Å². The van der Waals surface area contributed by atoms with Gasteiger partial charge in [0, 0.05) is 34.0 Å². The van der Waals surface area contributed by atoms with Crippen molar-refractivity contribution in [1.29, 1.82) is 0 Å². The molecule has 0 saturated heterocycles. The Morgan fingerprint density at radius 2 is 1.19 bits per heavy atom. The molecule has 0 atom stereocenters. The summed E-state index contributed by atoms with van der Waals surface area (Å²) in [5.41, 5.74) is 6.09. The molecule has 3 heterocycles. The first-order valence-electron chi connectivity index (χ1n) is 20.2. The van der Waals surface area contributed by atoms with Crippen molar-refractivity contribution in [3.63, 3.8) is 0 Å². The van der Waals surface area contributed by atoms with Crippen molar-refractivity contribution in [2.75, 3.05) is 11.5 Å². The van der Waals surface area contributed by atoms with Gasteiger partial charge in [-0.1, -0.05) is 106 Å². The third-order valence-corrected chi connectivity index (χ3v) is 11.6. The van der Waals surface area contributed by atoms with Gasteiger partial charge in [-0.05, 0) is 108 Å². The molecular weight excluding hydrogens is 603 g/mol. The molecule has 0 fully saturated rings. The van der Waals surface area contributed by atoms with Crippen LogP contribution in [0.4, 0.5) is 0 Å². The molecule has 2 aromatic heterocycles. The number of pyridine rings is 1. The van der Waals surface area contributed by atoms with E-state index in [0.717, 1.165) is 33.4 Å². The van der Waals surface area contributed by atoms with Gasteiger partial charge in [-0.3, -0.25) is 4.98 Å². The van der Waals surface area contributed by atoms with E-state index in [9.17, 15) is 5.48 Å². The van der Waals surface area contributed by atoms with Crippen LogP contribution in [-0.2, 0) is 10.8 Å². The van der Waals surface area contributed by atoms with E-state index in [1.165, 1.54) is 0 Å². The highest BCUT2D eigenvalue weighted by Crippen LogP contribution is 2.50. The summed E-state index contributed by atoms with van der Waals surface area (Å²) in [6.45, 7) is 8.87. The number of fused-ring (bicyclic) bond motifs is 6. The predicted molar refractivity (Wildman–Crippen MR) is 206 cm³/mol. The Balaban J connectivity index is 1.57. The van der Waals surface area contributed by atoms with Crippen molar-refractivity contribution >= 4 is 55.2 Å². The van der Waals surface area contributed by atoms with Crippen molar-refractivity contribution in [3.8, 4) is 33.5 Å². The van der Waals surface area contributed by atoms with Crippen LogP contribution in [0.3, 0.4) is 0 Å². The molecule has 234 valence electrons. The number of aromatic nitrogens is 1. The lowest BCUT2D eigenvalue weighted by atomic mass is 9.72. The Bertz CT molecular complexity index is 2910. The third-order valence-electron chi connectivity index (χ3n) is 9.79. The van der Waals surface area contributed by atoms with Gasteiger partial charge in [0.2, 0.25) is 0 Å². The number of rotatable bonds is 3. The smallest absolute Gasteiger partial charge is 0.135 e. The quantitative estimate of drug-likeness (QED) is 0.179. The van der Waals surface area contributed by atoms with Gasteiger partial charge in [-0.25, -0.2) is 0 Å². The molecule has 0 N–H and O–H groups in total. The second-order valence-electron chi connectivity index (χ2n) is 14.0. The summed E-state index contributed by atoms with van der Waals surface area (Å²) >= 11 is 1.89. The van der Waals surface area contributed by atoms with E-state index in [2.05, 4.69) is 39.8 Å². The topological polar surface area (TPSA) is 26.0 Å². The Labute approximate surface area is 297 Å². The highest BCUT2D eigenvalue weighted by Gasteiger charge is 2.36. The highest BCUT2D eigenvalue weighted by atomic mass is 32.2. The molecule has 0 aliphatic carbocycles. The number of hydrogen-bond acceptors (Lipinski definition) is 3. The van der Waals surface area contributed by atoms with Crippen LogP contribution in [0, 0.1) is 0 Å². The molecule has 48 heavy (non-hydrogen) atoms. The van der Waals surface area contributed by atoms with Gasteiger partial charge in [-0.2, -0.15) is 11.8 Å². The van der Waals surface area contributed by atoms with Gasteiger partial charge in [0.25, 0.3) is 0 Å². The molecule has 1 aliphatic rings. The lowest BCUT2D eigenvalue weighted by Crippen LogP contribution is -2.25. The first-order chi connectivity index (χ1) is 26.6. The summed E-state index contributed by atoms with van der Waals surface area (Å²) in [5.74, 6) is 1.74. The van der Waals surface area contributed by atoms with E-state index in [-0.39, 0.29) is 56.5 Å². The molecule has 0 spiro atoms. The Morgan fingerprint density at radius 1 is 0.604 bits per heavy atom. The second kappa shape index (κ2) is 10.8. The number of furan rings is 1. The number of thioether (sulfide) groups is 1. The molecular formula is C45H37NOS. The molecule has 0 saturated carbocycles. The zero-order valence-electron chi connectivity index (χ0n) is 35.2. The summed E-state index contributed by atoms with van der Waals surface area (Å²) in [7, 11) is 0. The van der Waals surface area contributed by atoms with Crippen molar-refractivity contribution in [2.45, 2.75) is 38.5 Å². The van der Waals surface area contributed by atoms with Crippen LogP contribution < -0.4 is 0 Å². The van der Waals surface area contributed by atoms with Crippen LogP contribution in [0.5, 0.6) is 0 Å². The van der Waals surface area contributed by atoms with Gasteiger partial charge in [0.1, 0.15) is 11.2 Å². The minimum Gasteiger partial charge on any atom is -0.456 e. The van der Waals surface area contributed by atoms with E-state index < -0.39 is 24.2 Å². The Hall–Kier alpha value is -4.86. The SMILES string of the molecule is [2H]c1c([2H])c([2H])c2c(-c3cc4c(cc3-c3ccccn3)C(C)(C)CSCC4(C)C)c3c([2H])c([2H])c([2H])c([2H])c3c(-c3ccc4oc5ccccc5c4c3)c2c1[2H]. The zero-order valence-corrected chi connectivity index (χ0v) is 28.0. The maximum atomic E-state index is 9.61. The Morgan fingerprint density at radius 3 is 1.83 bits per heavy atom. The average Bonchev–Trinajstić information content (AvgIpc) is 3.53. The van der Waals surface area contributed by atoms with Crippen molar-refractivity contribution in [3.05, 3.63) is 138 Å². The molecule has 0 unspecified atom stereocenters. The van der Waals surface area contributed by atoms with Crippen molar-refractivity contribution in [2.24, 2.45) is 0 Å². The van der Waals surface area contributed by atoms with Crippen LogP contribution in [0.2, 0.25) is 0 Å². The van der Waals surface area contributed by atoms with Crippen LogP contribution >= 0.6 is 11.8 Å². The summed E-state index contributed by atoms with van der Waals surface area (Å²) in [5, 5.41) is 2.33. The molecule has 6 aromatic carbocycles. The van der Waals surface area contributed by atoms with E-state index in [1.807, 2.05) is 60.3 Å². The maximum Gasteiger partial charge on any atom is 0.135 e. The fourth-order valence-electron chi connectivity index (χ4n) is 7.44. The van der Waals surface area contributed by atoms with Gasteiger partial charge in [0.05, 0.1) is 16.7 Å². The largest absolute Gasteiger partial charge is 0.456 e. The van der Waals surface area contributed by atoms with E-state index in [4.69, 9.17) is 14.9 Å². The van der Waals surface area contributed by atoms with E-state index in [0.29, 0.717) is 44.7 Å². The van der Waals surface area contributed by atoms with Crippen LogP contribution in [0.25, 0.3) is 77.0 Å². The Kier molecular flexibility index (Phi) is 4.94. The molecule has 2 nitrogen and oxygen atoms in total. The zero-order chi connectivity index (χ0) is 39.6. The second-order valence-corrected chi connectivity index (χ2v) is 15.0. The molecule has 1 aliphatic heterocycles. The van der Waals surface area contributed by atoms with Crippen molar-refractivity contribution in [1.82, 2.24) is 4.98 Å². The van der Waals surface area contributed by atoms with Gasteiger partial charge < -0.3 is 4.42 Å². The minimum atomic E-state index is -0.434. The molecule has 8 aromatic rings. The average molecular weight is 648 g/mol. The number of benzene rings is 6.